The molecule has 1 aromatic carbocycles. The molecule has 2 heterocycles. The van der Waals surface area contributed by atoms with Crippen LogP contribution in [-0.2, 0) is 22.6 Å². The van der Waals surface area contributed by atoms with Crippen molar-refractivity contribution in [1.82, 2.24) is 19.7 Å². The van der Waals surface area contributed by atoms with Gasteiger partial charge in [0.1, 0.15) is 18.1 Å². The van der Waals surface area contributed by atoms with Gasteiger partial charge in [0.05, 0.1) is 6.10 Å². The number of benzene rings is 1. The molecule has 0 aliphatic carbocycles. The zero-order valence-electron chi connectivity index (χ0n) is 15.1. The van der Waals surface area contributed by atoms with E-state index >= 15 is 0 Å². The van der Waals surface area contributed by atoms with Crippen molar-refractivity contribution in [2.24, 2.45) is 5.41 Å². The van der Waals surface area contributed by atoms with Crippen molar-refractivity contribution in [3.05, 3.63) is 48.5 Å². The number of rotatable bonds is 7. The van der Waals surface area contributed by atoms with Crippen LogP contribution in [0, 0.1) is 5.41 Å². The quantitative estimate of drug-likeness (QED) is 0.750. The SMILES string of the molecule is O=C(CCCn1cncn1)N1CC[C@](Cc2ccccc2)(C(=O)O)[C@H](O)C1. The fourth-order valence-electron chi connectivity index (χ4n) is 3.59. The minimum atomic E-state index is -1.27. The van der Waals surface area contributed by atoms with E-state index in [1.54, 1.807) is 15.9 Å². The van der Waals surface area contributed by atoms with E-state index < -0.39 is 17.5 Å². The predicted octanol–water partition coefficient (Wildman–Crippen LogP) is 0.965. The Morgan fingerprint density at radius 1 is 1.26 bits per heavy atom. The van der Waals surface area contributed by atoms with Gasteiger partial charge >= 0.3 is 5.97 Å². The highest BCUT2D eigenvalue weighted by atomic mass is 16.4. The van der Waals surface area contributed by atoms with Crippen molar-refractivity contribution >= 4 is 11.9 Å². The molecule has 144 valence electrons. The van der Waals surface area contributed by atoms with Crippen LogP contribution in [-0.4, -0.2) is 60.9 Å². The Morgan fingerprint density at radius 3 is 2.67 bits per heavy atom. The molecule has 0 radical (unpaired) electrons. The standard InChI is InChI=1S/C19H24N4O4/c24-16-12-22(17(25)7-4-9-23-14-20-13-21-23)10-8-19(16,18(26)27)11-15-5-2-1-3-6-15/h1-3,5-6,13-14,16,24H,4,7-12H2,(H,26,27)/t16-,19-/m1/s1. The molecule has 2 atom stereocenters. The van der Waals surface area contributed by atoms with Gasteiger partial charge in [0.15, 0.2) is 0 Å². The molecule has 2 N–H and O–H groups in total. The van der Waals surface area contributed by atoms with Gasteiger partial charge in [-0.05, 0) is 24.8 Å². The Hall–Kier alpha value is -2.74. The maximum absolute atomic E-state index is 12.4. The summed E-state index contributed by atoms with van der Waals surface area (Å²) in [6, 6.07) is 9.29. The van der Waals surface area contributed by atoms with Gasteiger partial charge in [-0.25, -0.2) is 4.98 Å². The Labute approximate surface area is 157 Å². The molecule has 8 heteroatoms. The van der Waals surface area contributed by atoms with Gasteiger partial charge < -0.3 is 15.1 Å². The first-order valence-electron chi connectivity index (χ1n) is 9.07. The number of hydrogen-bond acceptors (Lipinski definition) is 5. The number of aliphatic hydroxyl groups excluding tert-OH is 1. The van der Waals surface area contributed by atoms with Crippen LogP contribution in [0.3, 0.4) is 0 Å². The monoisotopic (exact) mass is 372 g/mol. The first kappa shape index (κ1) is 19.0. The number of nitrogens with zero attached hydrogens (tertiary/aromatic N) is 4. The number of carboxylic acids is 1. The number of amides is 1. The average Bonchev–Trinajstić information content (AvgIpc) is 3.17. The third-order valence-corrected chi connectivity index (χ3v) is 5.24. The van der Waals surface area contributed by atoms with E-state index in [4.69, 9.17) is 0 Å². The highest BCUT2D eigenvalue weighted by molar-refractivity contribution is 5.79. The van der Waals surface area contributed by atoms with E-state index in [1.165, 1.54) is 6.33 Å². The Balaban J connectivity index is 1.59. The zero-order valence-corrected chi connectivity index (χ0v) is 15.1. The van der Waals surface area contributed by atoms with Crippen LogP contribution >= 0.6 is 0 Å². The molecule has 8 nitrogen and oxygen atoms in total. The second-order valence-corrected chi connectivity index (χ2v) is 6.99. The third-order valence-electron chi connectivity index (χ3n) is 5.24. The lowest BCUT2D eigenvalue weighted by atomic mass is 9.71. The second-order valence-electron chi connectivity index (χ2n) is 6.99. The summed E-state index contributed by atoms with van der Waals surface area (Å²) in [7, 11) is 0. The van der Waals surface area contributed by atoms with Crippen molar-refractivity contribution in [3.63, 3.8) is 0 Å². The number of carbonyl (C=O) groups is 2. The molecule has 1 aromatic heterocycles. The fourth-order valence-corrected chi connectivity index (χ4v) is 3.59. The zero-order chi connectivity index (χ0) is 19.3. The molecule has 1 amide bonds. The normalized spacial score (nSPS) is 22.6. The van der Waals surface area contributed by atoms with E-state index in [9.17, 15) is 19.8 Å². The molecule has 0 unspecified atom stereocenters. The van der Waals surface area contributed by atoms with Crippen molar-refractivity contribution in [2.45, 2.75) is 38.3 Å². The van der Waals surface area contributed by atoms with Gasteiger partial charge in [0.25, 0.3) is 0 Å². The second kappa shape index (κ2) is 8.30. The van der Waals surface area contributed by atoms with Crippen LogP contribution < -0.4 is 0 Å². The number of β-amino-alcohol motifs (C(OH)–C–C–N with tert-alkyl or cyclic N) is 1. The van der Waals surface area contributed by atoms with E-state index in [0.717, 1.165) is 5.56 Å². The minimum absolute atomic E-state index is 0.0429. The van der Waals surface area contributed by atoms with E-state index in [1.807, 2.05) is 30.3 Å². The number of carboxylic acid groups (broad SMARTS) is 1. The number of hydrogen-bond donors (Lipinski definition) is 2. The molecule has 3 rings (SSSR count). The van der Waals surface area contributed by atoms with Gasteiger partial charge in [-0.1, -0.05) is 30.3 Å². The van der Waals surface area contributed by atoms with Crippen LogP contribution in [0.5, 0.6) is 0 Å². The van der Waals surface area contributed by atoms with Crippen LogP contribution in [0.1, 0.15) is 24.8 Å². The molecule has 0 bridgehead atoms. The van der Waals surface area contributed by atoms with Crippen LogP contribution in [0.4, 0.5) is 0 Å². The lowest BCUT2D eigenvalue weighted by molar-refractivity contribution is -0.166. The van der Waals surface area contributed by atoms with Gasteiger partial charge in [-0.2, -0.15) is 5.10 Å². The van der Waals surface area contributed by atoms with Crippen LogP contribution in [0.2, 0.25) is 0 Å². The number of carbonyl (C=O) groups excluding carboxylic acids is 1. The minimum Gasteiger partial charge on any atom is -0.481 e. The molecular formula is C19H24N4O4. The summed E-state index contributed by atoms with van der Waals surface area (Å²) in [5, 5.41) is 24.5. The first-order chi connectivity index (χ1) is 13.0. The highest BCUT2D eigenvalue weighted by Gasteiger charge is 2.49. The summed E-state index contributed by atoms with van der Waals surface area (Å²) in [5.74, 6) is -1.09. The van der Waals surface area contributed by atoms with Crippen LogP contribution in [0.25, 0.3) is 0 Å². The highest BCUT2D eigenvalue weighted by Crippen LogP contribution is 2.36. The van der Waals surface area contributed by atoms with Gasteiger partial charge in [-0.15, -0.1) is 0 Å². The van der Waals surface area contributed by atoms with Crippen molar-refractivity contribution in [1.29, 1.82) is 0 Å². The lowest BCUT2D eigenvalue weighted by Crippen LogP contribution is -2.57. The Kier molecular flexibility index (Phi) is 5.85. The summed E-state index contributed by atoms with van der Waals surface area (Å²) >= 11 is 0. The number of aliphatic carboxylic acids is 1. The Bertz CT molecular complexity index is 765. The summed E-state index contributed by atoms with van der Waals surface area (Å²) in [5.41, 5.74) is -0.398. The van der Waals surface area contributed by atoms with Gasteiger partial charge in [0.2, 0.25) is 5.91 Å². The molecule has 1 saturated heterocycles. The molecular weight excluding hydrogens is 348 g/mol. The number of piperidine rings is 1. The summed E-state index contributed by atoms with van der Waals surface area (Å²) < 4.78 is 1.66. The number of aromatic nitrogens is 3. The van der Waals surface area contributed by atoms with E-state index in [0.29, 0.717) is 25.9 Å². The number of aryl methyl sites for hydroxylation is 1. The van der Waals surface area contributed by atoms with E-state index in [2.05, 4.69) is 10.1 Å². The van der Waals surface area contributed by atoms with Crippen molar-refractivity contribution in [3.8, 4) is 0 Å². The molecule has 1 aliphatic rings. The topological polar surface area (TPSA) is 109 Å². The molecule has 0 spiro atoms. The maximum atomic E-state index is 12.4. The summed E-state index contributed by atoms with van der Waals surface area (Å²) in [6.45, 7) is 0.967. The molecule has 27 heavy (non-hydrogen) atoms. The molecule has 1 fully saturated rings. The van der Waals surface area contributed by atoms with Crippen molar-refractivity contribution < 1.29 is 19.8 Å². The van der Waals surface area contributed by atoms with Crippen molar-refractivity contribution in [2.75, 3.05) is 13.1 Å². The first-order valence-corrected chi connectivity index (χ1v) is 9.07. The molecule has 0 saturated carbocycles. The lowest BCUT2D eigenvalue weighted by Gasteiger charge is -2.43. The van der Waals surface area contributed by atoms with Crippen LogP contribution in [0.15, 0.2) is 43.0 Å². The summed E-state index contributed by atoms with van der Waals surface area (Å²) in [6.07, 6.45) is 3.35. The Morgan fingerprint density at radius 2 is 2.04 bits per heavy atom. The summed E-state index contributed by atoms with van der Waals surface area (Å²) in [4.78, 5) is 29.8. The number of aliphatic hydroxyl groups is 1. The largest absolute Gasteiger partial charge is 0.481 e. The average molecular weight is 372 g/mol. The predicted molar refractivity (Wildman–Crippen MR) is 96.7 cm³/mol. The van der Waals surface area contributed by atoms with E-state index in [-0.39, 0.29) is 25.3 Å². The fraction of sp³-hybridized carbons (Fsp3) is 0.474. The van der Waals surface area contributed by atoms with Gasteiger partial charge in [0, 0.05) is 26.1 Å². The third kappa shape index (κ3) is 4.33. The molecule has 1 aliphatic heterocycles. The molecule has 2 aromatic rings. The smallest absolute Gasteiger partial charge is 0.312 e. The maximum Gasteiger partial charge on any atom is 0.312 e. The van der Waals surface area contributed by atoms with Gasteiger partial charge in [-0.3, -0.25) is 14.3 Å². The number of likely N-dealkylation sites (tertiary alicyclic amines) is 1.